The zero-order valence-electron chi connectivity index (χ0n) is 16.0. The summed E-state index contributed by atoms with van der Waals surface area (Å²) in [5, 5.41) is 2.19. The molecule has 0 atom stereocenters. The number of aromatic nitrogens is 2. The number of piperidine rings is 1. The fourth-order valence-corrected chi connectivity index (χ4v) is 5.83. The first kappa shape index (κ1) is 20.6. The van der Waals surface area contributed by atoms with Crippen LogP contribution in [0.5, 0.6) is 0 Å². The van der Waals surface area contributed by atoms with E-state index in [1.807, 2.05) is 0 Å². The van der Waals surface area contributed by atoms with Crippen molar-refractivity contribution in [2.24, 2.45) is 5.92 Å². The van der Waals surface area contributed by atoms with E-state index in [1.165, 1.54) is 33.8 Å². The molecular weight excluding hydrogens is 431 g/mol. The average molecular weight is 451 g/mol. The van der Waals surface area contributed by atoms with Crippen molar-refractivity contribution in [1.29, 1.82) is 0 Å². The third-order valence-corrected chi connectivity index (χ3v) is 7.90. The largest absolute Gasteiger partial charge is 0.281 e. The van der Waals surface area contributed by atoms with E-state index >= 15 is 0 Å². The van der Waals surface area contributed by atoms with Gasteiger partial charge in [-0.1, -0.05) is 12.1 Å². The smallest absolute Gasteiger partial charge is 0.273 e. The number of fused-ring (bicyclic) bond motifs is 1. The van der Waals surface area contributed by atoms with Crippen molar-refractivity contribution in [2.75, 3.05) is 18.5 Å². The minimum Gasteiger partial charge on any atom is -0.273 e. The molecule has 0 spiro atoms. The molecule has 4 rings (SSSR count). The normalized spacial score (nSPS) is 16.1. The van der Waals surface area contributed by atoms with Crippen LogP contribution in [0.1, 0.15) is 18.7 Å². The number of hydrogen-bond acceptors (Lipinski definition) is 6. The molecule has 0 radical (unpaired) electrons. The van der Waals surface area contributed by atoms with Crippen LogP contribution < -0.4 is 11.0 Å². The van der Waals surface area contributed by atoms with Crippen molar-refractivity contribution in [1.82, 2.24) is 14.0 Å². The second-order valence-corrected chi connectivity index (χ2v) is 9.82. The van der Waals surface area contributed by atoms with Crippen LogP contribution in [0.25, 0.3) is 10.2 Å². The second-order valence-electron chi connectivity index (χ2n) is 7.02. The number of nitrogens with zero attached hydrogens (tertiary/aromatic N) is 3. The van der Waals surface area contributed by atoms with E-state index in [0.717, 1.165) is 10.7 Å². The lowest BCUT2D eigenvalue weighted by atomic mass is 9.98. The highest BCUT2D eigenvalue weighted by atomic mass is 32.2. The fraction of sp³-hybridized carbons (Fsp3) is 0.316. The van der Waals surface area contributed by atoms with Gasteiger partial charge in [0.15, 0.2) is 0 Å². The molecule has 1 fully saturated rings. The van der Waals surface area contributed by atoms with Crippen LogP contribution in [0.3, 0.4) is 0 Å². The van der Waals surface area contributed by atoms with E-state index in [1.54, 1.807) is 18.4 Å². The fourth-order valence-electron chi connectivity index (χ4n) is 3.50. The first-order chi connectivity index (χ1) is 14.3. The van der Waals surface area contributed by atoms with Gasteiger partial charge < -0.3 is 0 Å². The molecule has 1 amide bonds. The van der Waals surface area contributed by atoms with E-state index in [2.05, 4.69) is 10.4 Å². The summed E-state index contributed by atoms with van der Waals surface area (Å²) in [6, 6.07) is 6.88. The van der Waals surface area contributed by atoms with Gasteiger partial charge in [0, 0.05) is 19.0 Å². The Bertz CT molecular complexity index is 1280. The van der Waals surface area contributed by atoms with E-state index in [-0.39, 0.29) is 42.3 Å². The first-order valence-electron chi connectivity index (χ1n) is 9.31. The molecule has 158 valence electrons. The highest BCUT2D eigenvalue weighted by Crippen LogP contribution is 2.25. The van der Waals surface area contributed by atoms with Gasteiger partial charge in [0.2, 0.25) is 15.9 Å². The molecule has 1 aromatic carbocycles. The van der Waals surface area contributed by atoms with Crippen LogP contribution in [0.2, 0.25) is 0 Å². The molecule has 0 saturated carbocycles. The summed E-state index contributed by atoms with van der Waals surface area (Å²) in [6.07, 6.45) is 0.531. The summed E-state index contributed by atoms with van der Waals surface area (Å²) >= 11 is 1.35. The summed E-state index contributed by atoms with van der Waals surface area (Å²) < 4.78 is 41.6. The number of aryl methyl sites for hydroxylation is 1. The van der Waals surface area contributed by atoms with Crippen LogP contribution in [0, 0.1) is 18.7 Å². The Labute approximate surface area is 176 Å². The molecule has 1 saturated heterocycles. The predicted molar refractivity (Wildman–Crippen MR) is 111 cm³/mol. The van der Waals surface area contributed by atoms with Crippen LogP contribution >= 0.6 is 11.3 Å². The van der Waals surface area contributed by atoms with Gasteiger partial charge in [0.25, 0.3) is 5.56 Å². The predicted octanol–water partition coefficient (Wildman–Crippen LogP) is 2.08. The molecule has 2 aromatic heterocycles. The van der Waals surface area contributed by atoms with Gasteiger partial charge in [-0.15, -0.1) is 11.3 Å². The number of sulfonamides is 1. The molecule has 0 unspecified atom stereocenters. The number of halogens is 1. The minimum absolute atomic E-state index is 0.0877. The Morgan fingerprint density at radius 1 is 1.23 bits per heavy atom. The highest BCUT2D eigenvalue weighted by Gasteiger charge is 2.33. The number of amides is 1. The molecule has 30 heavy (non-hydrogen) atoms. The molecule has 11 heteroatoms. The van der Waals surface area contributed by atoms with E-state index in [0.29, 0.717) is 16.0 Å². The van der Waals surface area contributed by atoms with E-state index in [9.17, 15) is 22.4 Å². The molecule has 1 aliphatic rings. The van der Waals surface area contributed by atoms with Crippen LogP contribution in [0.15, 0.2) is 45.4 Å². The van der Waals surface area contributed by atoms with Crippen LogP contribution in [0.4, 0.5) is 4.39 Å². The summed E-state index contributed by atoms with van der Waals surface area (Å²) in [7, 11) is -3.97. The van der Waals surface area contributed by atoms with Gasteiger partial charge in [-0.05, 0) is 43.3 Å². The maximum absolute atomic E-state index is 13.9. The zero-order valence-corrected chi connectivity index (χ0v) is 17.7. The third kappa shape index (κ3) is 3.64. The number of carbonyl (C=O) groups is 1. The summed E-state index contributed by atoms with van der Waals surface area (Å²) in [5.74, 6) is -1.28. The van der Waals surface area contributed by atoms with Crippen LogP contribution in [-0.4, -0.2) is 41.4 Å². The number of thiophene rings is 1. The zero-order chi connectivity index (χ0) is 21.5. The van der Waals surface area contributed by atoms with Crippen molar-refractivity contribution < 1.29 is 17.6 Å². The summed E-state index contributed by atoms with van der Waals surface area (Å²) in [5.41, 5.74) is 2.25. The molecular formula is C19H19FN4O4S2. The lowest BCUT2D eigenvalue weighted by molar-refractivity contribution is -0.121. The summed E-state index contributed by atoms with van der Waals surface area (Å²) in [6.45, 7) is 1.80. The molecule has 0 aliphatic carbocycles. The standard InChI is InChI=1S/C19H19FN4O4S2/c1-12-21-18-14(8-11-29-18)19(26)24(12)22-17(25)13-6-9-23(10-7-13)30(27,28)16-5-3-2-4-15(16)20/h2-5,8,11,13H,6-7,9-10H2,1H3,(H,22,25). The second kappa shape index (κ2) is 7.89. The lowest BCUT2D eigenvalue weighted by Gasteiger charge is -2.30. The van der Waals surface area contributed by atoms with Crippen molar-refractivity contribution in [2.45, 2.75) is 24.7 Å². The maximum atomic E-state index is 13.9. The van der Waals surface area contributed by atoms with Crippen LogP contribution in [-0.2, 0) is 14.8 Å². The first-order valence-corrected chi connectivity index (χ1v) is 11.6. The van der Waals surface area contributed by atoms with Gasteiger partial charge in [-0.25, -0.2) is 22.5 Å². The van der Waals surface area contributed by atoms with E-state index < -0.39 is 21.8 Å². The molecule has 1 N–H and O–H groups in total. The number of nitrogens with one attached hydrogen (secondary N) is 1. The molecule has 3 heterocycles. The summed E-state index contributed by atoms with van der Waals surface area (Å²) in [4.78, 5) is 29.9. The topological polar surface area (TPSA) is 101 Å². The lowest BCUT2D eigenvalue weighted by Crippen LogP contribution is -2.44. The van der Waals surface area contributed by atoms with Gasteiger partial charge in [0.1, 0.15) is 21.4 Å². The number of hydrogen-bond donors (Lipinski definition) is 1. The van der Waals surface area contributed by atoms with Gasteiger partial charge in [-0.3, -0.25) is 15.0 Å². The van der Waals surface area contributed by atoms with Gasteiger partial charge >= 0.3 is 0 Å². The monoisotopic (exact) mass is 450 g/mol. The Hall–Kier alpha value is -2.63. The number of rotatable bonds is 4. The molecule has 0 bridgehead atoms. The van der Waals surface area contributed by atoms with Gasteiger partial charge in [-0.2, -0.15) is 4.31 Å². The Balaban J connectivity index is 1.47. The maximum Gasteiger partial charge on any atom is 0.281 e. The molecule has 8 nitrogen and oxygen atoms in total. The van der Waals surface area contributed by atoms with Crippen molar-refractivity contribution in [3.8, 4) is 0 Å². The van der Waals surface area contributed by atoms with Crippen molar-refractivity contribution in [3.63, 3.8) is 0 Å². The quantitative estimate of drug-likeness (QED) is 0.656. The number of benzene rings is 1. The molecule has 1 aliphatic heterocycles. The Morgan fingerprint density at radius 2 is 1.93 bits per heavy atom. The minimum atomic E-state index is -3.97. The van der Waals surface area contributed by atoms with Crippen molar-refractivity contribution in [3.05, 3.63) is 57.7 Å². The number of carbonyl (C=O) groups excluding carboxylic acids is 1. The highest BCUT2D eigenvalue weighted by molar-refractivity contribution is 7.89. The van der Waals surface area contributed by atoms with Crippen molar-refractivity contribution >= 4 is 37.5 Å². The Morgan fingerprint density at radius 3 is 2.63 bits per heavy atom. The third-order valence-electron chi connectivity index (χ3n) is 5.17. The van der Waals surface area contributed by atoms with E-state index in [4.69, 9.17) is 0 Å². The Kier molecular flexibility index (Phi) is 5.43. The molecule has 3 aromatic rings. The SMILES string of the molecule is Cc1nc2sccc2c(=O)n1NC(=O)C1CCN(S(=O)(=O)c2ccccc2F)CC1. The van der Waals surface area contributed by atoms with Gasteiger partial charge in [0.05, 0.1) is 5.39 Å². The average Bonchev–Trinajstić information content (AvgIpc) is 3.20.